The van der Waals surface area contributed by atoms with Crippen LogP contribution in [0.1, 0.15) is 58.3 Å². The Hall–Kier alpha value is -0.610. The highest BCUT2D eigenvalue weighted by atomic mass is 16.2. The van der Waals surface area contributed by atoms with Gasteiger partial charge in [-0.3, -0.25) is 9.69 Å². The third-order valence-electron chi connectivity index (χ3n) is 4.73. The topological polar surface area (TPSA) is 58.4 Å². The van der Waals surface area contributed by atoms with Crippen molar-refractivity contribution in [1.82, 2.24) is 10.2 Å². The summed E-state index contributed by atoms with van der Waals surface area (Å²) in [5, 5.41) is 3.19. The Balaban J connectivity index is 1.76. The average molecular weight is 267 g/mol. The number of rotatable bonds is 5. The zero-order valence-corrected chi connectivity index (χ0v) is 12.2. The second-order valence-corrected chi connectivity index (χ2v) is 6.18. The summed E-state index contributed by atoms with van der Waals surface area (Å²) in [6.07, 6.45) is 9.35. The molecule has 0 heterocycles. The van der Waals surface area contributed by atoms with Crippen LogP contribution in [0.15, 0.2) is 0 Å². The number of nitrogens with zero attached hydrogens (tertiary/aromatic N) is 1. The van der Waals surface area contributed by atoms with E-state index in [4.69, 9.17) is 5.73 Å². The number of nitrogens with two attached hydrogens (primary N) is 1. The molecule has 2 saturated carbocycles. The minimum absolute atomic E-state index is 0.212. The third kappa shape index (κ3) is 4.46. The Morgan fingerprint density at radius 3 is 2.37 bits per heavy atom. The van der Waals surface area contributed by atoms with Crippen LogP contribution in [-0.2, 0) is 4.79 Å². The quantitative estimate of drug-likeness (QED) is 0.796. The molecule has 1 amide bonds. The van der Waals surface area contributed by atoms with Crippen molar-refractivity contribution in [2.75, 3.05) is 13.1 Å². The number of likely N-dealkylation sites (N-methyl/N-ethyl adjacent to an activating group) is 1. The molecule has 0 aliphatic heterocycles. The van der Waals surface area contributed by atoms with Gasteiger partial charge in [0, 0.05) is 18.1 Å². The first-order chi connectivity index (χ1) is 9.19. The fourth-order valence-corrected chi connectivity index (χ4v) is 3.49. The van der Waals surface area contributed by atoms with Crippen molar-refractivity contribution in [3.63, 3.8) is 0 Å². The lowest BCUT2D eigenvalue weighted by Crippen LogP contribution is -2.47. The number of hydrogen-bond donors (Lipinski definition) is 2. The molecule has 0 unspecified atom stereocenters. The van der Waals surface area contributed by atoms with E-state index in [1.807, 2.05) is 0 Å². The van der Waals surface area contributed by atoms with E-state index in [0.29, 0.717) is 24.7 Å². The minimum Gasteiger partial charge on any atom is -0.352 e. The zero-order valence-electron chi connectivity index (χ0n) is 12.2. The van der Waals surface area contributed by atoms with Crippen LogP contribution in [0.5, 0.6) is 0 Å². The molecule has 4 heteroatoms. The lowest BCUT2D eigenvalue weighted by atomic mass is 9.90. The maximum atomic E-state index is 12.1. The van der Waals surface area contributed by atoms with Gasteiger partial charge >= 0.3 is 0 Å². The van der Waals surface area contributed by atoms with Crippen molar-refractivity contribution in [1.29, 1.82) is 0 Å². The molecule has 2 aliphatic rings. The smallest absolute Gasteiger partial charge is 0.234 e. The predicted octanol–water partition coefficient (Wildman–Crippen LogP) is 1.64. The molecule has 2 fully saturated rings. The summed E-state index contributed by atoms with van der Waals surface area (Å²) in [6, 6.07) is 1.37. The molecule has 0 radical (unpaired) electrons. The fraction of sp³-hybridized carbons (Fsp3) is 0.933. The molecule has 0 aromatic rings. The van der Waals surface area contributed by atoms with E-state index in [2.05, 4.69) is 17.1 Å². The third-order valence-corrected chi connectivity index (χ3v) is 4.73. The van der Waals surface area contributed by atoms with Gasteiger partial charge in [0.25, 0.3) is 0 Å². The van der Waals surface area contributed by atoms with Crippen LogP contribution in [0.4, 0.5) is 0 Å². The van der Waals surface area contributed by atoms with Crippen molar-refractivity contribution in [2.24, 2.45) is 5.73 Å². The van der Waals surface area contributed by atoms with Gasteiger partial charge in [-0.25, -0.2) is 0 Å². The van der Waals surface area contributed by atoms with Crippen LogP contribution in [0, 0.1) is 0 Å². The zero-order chi connectivity index (χ0) is 13.7. The Morgan fingerprint density at radius 2 is 1.79 bits per heavy atom. The van der Waals surface area contributed by atoms with Crippen LogP contribution >= 0.6 is 0 Å². The van der Waals surface area contributed by atoms with Crippen molar-refractivity contribution >= 4 is 5.91 Å². The number of carbonyl (C=O) groups is 1. The molecule has 0 spiro atoms. The maximum absolute atomic E-state index is 12.1. The van der Waals surface area contributed by atoms with Gasteiger partial charge in [0.05, 0.1) is 6.54 Å². The van der Waals surface area contributed by atoms with Crippen molar-refractivity contribution < 1.29 is 4.79 Å². The highest BCUT2D eigenvalue weighted by Gasteiger charge is 2.25. The molecule has 0 aromatic carbocycles. The van der Waals surface area contributed by atoms with E-state index < -0.39 is 0 Å². The first kappa shape index (κ1) is 14.8. The predicted molar refractivity (Wildman–Crippen MR) is 77.9 cm³/mol. The number of hydrogen-bond acceptors (Lipinski definition) is 3. The van der Waals surface area contributed by atoms with E-state index in [1.54, 1.807) is 0 Å². The van der Waals surface area contributed by atoms with E-state index in [9.17, 15) is 4.79 Å². The molecule has 110 valence electrons. The van der Waals surface area contributed by atoms with Gasteiger partial charge in [0.1, 0.15) is 0 Å². The van der Waals surface area contributed by atoms with Crippen LogP contribution in [0.2, 0.25) is 0 Å². The largest absolute Gasteiger partial charge is 0.352 e. The van der Waals surface area contributed by atoms with E-state index in [-0.39, 0.29) is 5.91 Å². The highest BCUT2D eigenvalue weighted by molar-refractivity contribution is 5.78. The van der Waals surface area contributed by atoms with Crippen LogP contribution in [-0.4, -0.2) is 42.0 Å². The van der Waals surface area contributed by atoms with Gasteiger partial charge < -0.3 is 11.1 Å². The second-order valence-electron chi connectivity index (χ2n) is 6.18. The Labute approximate surface area is 117 Å². The summed E-state index contributed by atoms with van der Waals surface area (Å²) in [4.78, 5) is 14.4. The Morgan fingerprint density at radius 1 is 1.16 bits per heavy atom. The molecule has 4 nitrogen and oxygen atoms in total. The number of amides is 1. The van der Waals surface area contributed by atoms with Gasteiger partial charge in [-0.1, -0.05) is 19.8 Å². The van der Waals surface area contributed by atoms with E-state index in [1.165, 1.54) is 12.8 Å². The van der Waals surface area contributed by atoms with Crippen molar-refractivity contribution in [3.05, 3.63) is 0 Å². The van der Waals surface area contributed by atoms with Crippen LogP contribution in [0.3, 0.4) is 0 Å². The van der Waals surface area contributed by atoms with Crippen LogP contribution in [0.25, 0.3) is 0 Å². The van der Waals surface area contributed by atoms with Gasteiger partial charge in [0.15, 0.2) is 0 Å². The maximum Gasteiger partial charge on any atom is 0.234 e. The van der Waals surface area contributed by atoms with E-state index >= 15 is 0 Å². The molecule has 2 aliphatic carbocycles. The normalized spacial score (nSPS) is 28.8. The Kier molecular flexibility index (Phi) is 5.64. The summed E-state index contributed by atoms with van der Waals surface area (Å²) in [7, 11) is 0. The highest BCUT2D eigenvalue weighted by Crippen LogP contribution is 2.22. The molecule has 3 N–H and O–H groups in total. The number of nitrogens with one attached hydrogen (secondary N) is 1. The SMILES string of the molecule is CCN(CC(=O)NC1CCCC1)C1CCC(N)CC1. The summed E-state index contributed by atoms with van der Waals surface area (Å²) >= 11 is 0. The Bertz CT molecular complexity index is 281. The molecular weight excluding hydrogens is 238 g/mol. The summed E-state index contributed by atoms with van der Waals surface area (Å²) in [5.74, 6) is 0.212. The van der Waals surface area contributed by atoms with Crippen molar-refractivity contribution in [2.45, 2.75) is 76.4 Å². The van der Waals surface area contributed by atoms with Gasteiger partial charge in [0.2, 0.25) is 5.91 Å². The monoisotopic (exact) mass is 267 g/mol. The minimum atomic E-state index is 0.212. The van der Waals surface area contributed by atoms with Gasteiger partial charge in [-0.15, -0.1) is 0 Å². The molecule has 2 rings (SSSR count). The molecule has 19 heavy (non-hydrogen) atoms. The standard InChI is InChI=1S/C15H29N3O/c1-2-18(14-9-7-12(16)8-10-14)11-15(19)17-13-5-3-4-6-13/h12-14H,2-11,16H2,1H3,(H,17,19). The fourth-order valence-electron chi connectivity index (χ4n) is 3.49. The first-order valence-electron chi connectivity index (χ1n) is 7.98. The average Bonchev–Trinajstić information content (AvgIpc) is 2.90. The molecular formula is C15H29N3O. The lowest BCUT2D eigenvalue weighted by Gasteiger charge is -2.35. The van der Waals surface area contributed by atoms with Crippen molar-refractivity contribution in [3.8, 4) is 0 Å². The first-order valence-corrected chi connectivity index (χ1v) is 7.98. The summed E-state index contributed by atoms with van der Waals surface area (Å²) < 4.78 is 0. The summed E-state index contributed by atoms with van der Waals surface area (Å²) in [6.45, 7) is 3.67. The van der Waals surface area contributed by atoms with Gasteiger partial charge in [-0.2, -0.15) is 0 Å². The second kappa shape index (κ2) is 7.25. The summed E-state index contributed by atoms with van der Waals surface area (Å²) in [5.41, 5.74) is 5.95. The van der Waals surface area contributed by atoms with Gasteiger partial charge in [-0.05, 0) is 45.1 Å². The molecule has 0 aromatic heterocycles. The molecule has 0 atom stereocenters. The molecule has 0 saturated heterocycles. The lowest BCUT2D eigenvalue weighted by molar-refractivity contribution is -0.123. The molecule has 0 bridgehead atoms. The van der Waals surface area contributed by atoms with Crippen LogP contribution < -0.4 is 11.1 Å². The van der Waals surface area contributed by atoms with E-state index in [0.717, 1.165) is 45.1 Å². The number of carbonyl (C=O) groups excluding carboxylic acids is 1.